The Kier molecular flexibility index (Phi) is 208. The predicted octanol–water partition coefficient (Wildman–Crippen LogP) is -0.924. The van der Waals surface area contributed by atoms with Crippen LogP contribution in [0, 0.1) is 0 Å². The molecular weight excluding hydrogens is 219 g/mol. The Balaban J connectivity index is 0. The molecule has 0 spiro atoms. The van der Waals surface area contributed by atoms with Gasteiger partial charge in [-0.1, -0.05) is 0 Å². The van der Waals surface area contributed by atoms with Gasteiger partial charge in [-0.25, -0.2) is 0 Å². The van der Waals surface area contributed by atoms with Gasteiger partial charge in [0, 0.05) is 54.6 Å². The number of hydrogen-bond donors (Lipinski definition) is 0. The van der Waals surface area contributed by atoms with E-state index in [1.165, 1.54) is 0 Å². The van der Waals surface area contributed by atoms with Gasteiger partial charge in [-0.3, -0.25) is 0 Å². The quantitative estimate of drug-likeness (QED) is 0.464. The monoisotopic (exact) mass is 223 g/mol. The smallest absolute Gasteiger partial charge is 0 e. The first-order valence-electron chi connectivity index (χ1n) is 0. The van der Waals surface area contributed by atoms with Gasteiger partial charge in [-0.2, -0.15) is 0 Å². The fourth-order valence-corrected chi connectivity index (χ4v) is 0. The Morgan fingerprint density at radius 3 is 1.00 bits per heavy atom. The molecule has 0 aromatic rings. The first-order valence-corrected chi connectivity index (χ1v) is 0. The van der Waals surface area contributed by atoms with E-state index in [-0.39, 0.29) is 64.7 Å². The zero-order chi connectivity index (χ0) is 0. The second kappa shape index (κ2) is 20.9. The largest absolute Gasteiger partial charge is 0 e. The molecule has 0 N–H and O–H groups in total. The van der Waals surface area contributed by atoms with Crippen molar-refractivity contribution in [2.45, 2.75) is 0 Å². The first-order chi connectivity index (χ1) is 0. The Bertz CT molecular complexity index is 8.00. The summed E-state index contributed by atoms with van der Waals surface area (Å²) in [7, 11) is 0. The minimum atomic E-state index is 0. The summed E-state index contributed by atoms with van der Waals surface area (Å²) in [5.41, 5.74) is 0. The van der Waals surface area contributed by atoms with Crippen LogP contribution >= 0.6 is 0 Å². The molecule has 0 aromatic carbocycles. The zero-order valence-electron chi connectivity index (χ0n) is 1.08. The van der Waals surface area contributed by atoms with Gasteiger partial charge in [-0.15, -0.1) is 0 Å². The molecule has 0 unspecified atom stereocenters. The van der Waals surface area contributed by atoms with Crippen LogP contribution in [0.15, 0.2) is 0 Å². The van der Waals surface area contributed by atoms with Gasteiger partial charge in [0.2, 0.25) is 0 Å². The van der Waals surface area contributed by atoms with Crippen LogP contribution in [0.1, 0.15) is 0 Å². The van der Waals surface area contributed by atoms with Crippen LogP contribution in [0.4, 0.5) is 0 Å². The fraction of sp³-hybridized carbons (Fsp3) is 0. The van der Waals surface area contributed by atoms with Crippen LogP contribution in [0.2, 0.25) is 0 Å². The summed E-state index contributed by atoms with van der Waals surface area (Å²) in [4.78, 5) is 0. The number of hydrogen-bond acceptors (Lipinski definition) is 0. The molecule has 4 heavy (non-hydrogen) atoms. The molecule has 0 rings (SSSR count). The van der Waals surface area contributed by atoms with Crippen LogP contribution in [-0.2, 0) is 54.6 Å². The maximum atomic E-state index is 0. The topological polar surface area (TPSA) is 0 Å². The van der Waals surface area contributed by atoms with Crippen molar-refractivity contribution in [1.82, 2.24) is 0 Å². The van der Waals surface area contributed by atoms with E-state index in [1.54, 1.807) is 0 Å². The van der Waals surface area contributed by atoms with E-state index in [4.69, 9.17) is 0 Å². The van der Waals surface area contributed by atoms with E-state index in [2.05, 4.69) is 0 Å². The minimum Gasteiger partial charge on any atom is 0 e. The summed E-state index contributed by atoms with van der Waals surface area (Å²) in [5.74, 6) is 0. The van der Waals surface area contributed by atoms with E-state index in [0.29, 0.717) is 0 Å². The van der Waals surface area contributed by atoms with Crippen LogP contribution in [0.5, 0.6) is 0 Å². The molecule has 0 bridgehead atoms. The number of rotatable bonds is 0. The van der Waals surface area contributed by atoms with Crippen LogP contribution in [-0.4, -0.2) is 10.1 Å². The van der Waals surface area contributed by atoms with Gasteiger partial charge in [-0.05, 0) is 0 Å². The van der Waals surface area contributed by atoms with Gasteiger partial charge in [0.15, 0.2) is 0 Å². The van der Waals surface area contributed by atoms with Crippen LogP contribution in [0.3, 0.4) is 0 Å². The van der Waals surface area contributed by atoms with Gasteiger partial charge < -0.3 is 0 Å². The van der Waals surface area contributed by atoms with Crippen molar-refractivity contribution in [3.05, 3.63) is 0 Å². The molecule has 0 aliphatic carbocycles. The summed E-state index contributed by atoms with van der Waals surface area (Å²) in [6, 6.07) is 0. The molecule has 28 valence electrons. The van der Waals surface area contributed by atoms with Gasteiger partial charge in [0.1, 0.15) is 0 Å². The molecule has 0 heterocycles. The SMILES string of the molecule is [BeH2].[Fe].[Mo].[Ni]. The normalized spacial score (nSPS) is 0. The molecular formula is H2BeFeMoNi. The third kappa shape index (κ3) is 9.12. The third-order valence-corrected chi connectivity index (χ3v) is 0. The standard InChI is InChI=1S/Be.Fe.Mo.Ni.2H. The molecule has 0 aliphatic heterocycles. The van der Waals surface area contributed by atoms with E-state index >= 15 is 0 Å². The average molecular weight is 222 g/mol. The fourth-order valence-electron chi connectivity index (χ4n) is 0. The van der Waals surface area contributed by atoms with Crippen molar-refractivity contribution < 1.29 is 54.6 Å². The maximum Gasteiger partial charge on any atom is 0 e. The molecule has 4 heteroatoms. The molecule has 0 aromatic heterocycles. The second-order valence-electron chi connectivity index (χ2n) is 0. The molecule has 0 saturated heterocycles. The zero-order valence-corrected chi connectivity index (χ0v) is 5.18. The van der Waals surface area contributed by atoms with E-state index in [9.17, 15) is 0 Å². The van der Waals surface area contributed by atoms with Crippen molar-refractivity contribution in [1.29, 1.82) is 0 Å². The Labute approximate surface area is 64.4 Å². The minimum absolute atomic E-state index is 0. The Hall–Kier alpha value is 1.87. The van der Waals surface area contributed by atoms with Crippen molar-refractivity contribution in [2.24, 2.45) is 0 Å². The van der Waals surface area contributed by atoms with Crippen molar-refractivity contribution in [2.75, 3.05) is 0 Å². The van der Waals surface area contributed by atoms with Gasteiger partial charge in [0.05, 0.1) is 0 Å². The van der Waals surface area contributed by atoms with Crippen LogP contribution in [0.25, 0.3) is 0 Å². The summed E-state index contributed by atoms with van der Waals surface area (Å²) in [5, 5.41) is 0. The van der Waals surface area contributed by atoms with Gasteiger partial charge in [0.25, 0.3) is 0 Å². The van der Waals surface area contributed by atoms with E-state index in [0.717, 1.165) is 0 Å². The first kappa shape index (κ1) is 39.8. The molecule has 0 radical (unpaired) electrons. The molecule has 0 saturated carbocycles. The summed E-state index contributed by atoms with van der Waals surface area (Å²) < 4.78 is 0. The van der Waals surface area contributed by atoms with Gasteiger partial charge >= 0.3 is 10.1 Å². The second-order valence-corrected chi connectivity index (χ2v) is 0. The third-order valence-electron chi connectivity index (χ3n) is 0. The average Bonchev–Trinajstić information content (AvgIpc) is 0. The Morgan fingerprint density at radius 1 is 1.00 bits per heavy atom. The molecule has 0 aliphatic rings. The molecule has 0 fully saturated rings. The molecule has 0 nitrogen and oxygen atoms in total. The van der Waals surface area contributed by atoms with E-state index in [1.807, 2.05) is 0 Å². The van der Waals surface area contributed by atoms with Crippen molar-refractivity contribution in [3.8, 4) is 0 Å². The summed E-state index contributed by atoms with van der Waals surface area (Å²) >= 11 is 0. The van der Waals surface area contributed by atoms with Crippen molar-refractivity contribution >= 4 is 10.1 Å². The van der Waals surface area contributed by atoms with Crippen LogP contribution < -0.4 is 0 Å². The van der Waals surface area contributed by atoms with E-state index < -0.39 is 0 Å². The Morgan fingerprint density at radius 2 is 1.00 bits per heavy atom. The predicted molar refractivity (Wildman–Crippen MR) is 8.54 cm³/mol. The molecule has 0 amide bonds. The maximum absolute atomic E-state index is 0. The summed E-state index contributed by atoms with van der Waals surface area (Å²) in [6.45, 7) is 0. The van der Waals surface area contributed by atoms with Crippen molar-refractivity contribution in [3.63, 3.8) is 0 Å². The molecule has 0 atom stereocenters. The summed E-state index contributed by atoms with van der Waals surface area (Å²) in [6.07, 6.45) is 0.